The number of carbonyl (C=O) groups is 6. The SMILES string of the molecule is CCCCCCCCCCCCCC(=O)N[C@@H](C)C(=O)N[C@H](CCC(=O)N[C@@H](COC[C@@H](N)C(=O)OC)C(=O)OC)C(=O)O. The van der Waals surface area contributed by atoms with E-state index in [-0.39, 0.29) is 38.4 Å². The van der Waals surface area contributed by atoms with Crippen LogP contribution in [-0.2, 0) is 43.0 Å². The number of aliphatic carboxylic acids is 1. The smallest absolute Gasteiger partial charge is 0.330 e. The number of unbranched alkanes of at least 4 members (excludes halogenated alkanes) is 10. The molecule has 3 amide bonds. The molecule has 0 aromatic carbocycles. The molecule has 0 saturated heterocycles. The first-order valence-electron chi connectivity index (χ1n) is 15.6. The first kappa shape index (κ1) is 40.7. The number of nitrogens with one attached hydrogen (secondary N) is 3. The Labute approximate surface area is 260 Å². The van der Waals surface area contributed by atoms with Gasteiger partial charge in [-0.05, 0) is 19.8 Å². The maximum absolute atomic E-state index is 12.5. The van der Waals surface area contributed by atoms with Gasteiger partial charge in [0.05, 0.1) is 27.4 Å². The fourth-order valence-corrected chi connectivity index (χ4v) is 4.27. The number of hydrogen-bond acceptors (Lipinski definition) is 10. The molecule has 6 N–H and O–H groups in total. The van der Waals surface area contributed by atoms with Crippen molar-refractivity contribution >= 4 is 35.6 Å². The number of carboxylic acids is 1. The molecule has 0 aromatic rings. The van der Waals surface area contributed by atoms with Crippen LogP contribution < -0.4 is 21.7 Å². The Balaban J connectivity index is 4.47. The number of rotatable bonds is 26. The first-order valence-corrected chi connectivity index (χ1v) is 15.6. The third kappa shape index (κ3) is 19.8. The molecule has 0 unspecified atom stereocenters. The van der Waals surface area contributed by atoms with Crippen molar-refractivity contribution in [1.29, 1.82) is 0 Å². The molecule has 0 aromatic heterocycles. The van der Waals surface area contributed by atoms with E-state index < -0.39 is 53.9 Å². The van der Waals surface area contributed by atoms with E-state index in [0.29, 0.717) is 6.42 Å². The number of hydrogen-bond donors (Lipinski definition) is 5. The highest BCUT2D eigenvalue weighted by molar-refractivity contribution is 5.90. The van der Waals surface area contributed by atoms with E-state index in [2.05, 4.69) is 32.3 Å². The van der Waals surface area contributed by atoms with E-state index in [0.717, 1.165) is 33.5 Å². The molecule has 254 valence electrons. The number of amides is 3. The molecule has 0 radical (unpaired) electrons. The first-order chi connectivity index (χ1) is 21.0. The molecule has 0 aliphatic heterocycles. The van der Waals surface area contributed by atoms with Crippen LogP contribution in [0.25, 0.3) is 0 Å². The van der Waals surface area contributed by atoms with Crippen molar-refractivity contribution in [1.82, 2.24) is 16.0 Å². The molecule has 14 nitrogen and oxygen atoms in total. The van der Waals surface area contributed by atoms with Gasteiger partial charge in [-0.2, -0.15) is 0 Å². The summed E-state index contributed by atoms with van der Waals surface area (Å²) in [7, 11) is 2.26. The molecule has 0 aliphatic carbocycles. The van der Waals surface area contributed by atoms with Crippen molar-refractivity contribution < 1.29 is 48.1 Å². The van der Waals surface area contributed by atoms with Gasteiger partial charge in [0, 0.05) is 12.8 Å². The van der Waals surface area contributed by atoms with E-state index in [4.69, 9.17) is 10.5 Å². The second-order valence-corrected chi connectivity index (χ2v) is 10.8. The summed E-state index contributed by atoms with van der Waals surface area (Å²) >= 11 is 0. The quantitative estimate of drug-likeness (QED) is 0.0685. The lowest BCUT2D eigenvalue weighted by Gasteiger charge is -2.20. The predicted molar refractivity (Wildman–Crippen MR) is 162 cm³/mol. The average Bonchev–Trinajstić information content (AvgIpc) is 2.99. The van der Waals surface area contributed by atoms with Gasteiger partial charge in [-0.1, -0.05) is 71.1 Å². The summed E-state index contributed by atoms with van der Waals surface area (Å²) in [5.41, 5.74) is 5.56. The highest BCUT2D eigenvalue weighted by Crippen LogP contribution is 2.12. The van der Waals surface area contributed by atoms with E-state index in [1.54, 1.807) is 0 Å². The van der Waals surface area contributed by atoms with Gasteiger partial charge in [-0.3, -0.25) is 19.2 Å². The lowest BCUT2D eigenvalue weighted by Crippen LogP contribution is -2.51. The monoisotopic (exact) mass is 630 g/mol. The summed E-state index contributed by atoms with van der Waals surface area (Å²) in [6, 6.07) is -4.72. The normalized spacial score (nSPS) is 13.6. The average molecular weight is 631 g/mol. The Bertz CT molecular complexity index is 886. The fraction of sp³-hybridized carbons (Fsp3) is 0.800. The molecule has 44 heavy (non-hydrogen) atoms. The number of esters is 2. The van der Waals surface area contributed by atoms with Crippen LogP contribution in [0.3, 0.4) is 0 Å². The second-order valence-electron chi connectivity index (χ2n) is 10.8. The van der Waals surface area contributed by atoms with Crippen molar-refractivity contribution in [3.05, 3.63) is 0 Å². The summed E-state index contributed by atoms with van der Waals surface area (Å²) in [6.45, 7) is 3.02. The Morgan fingerprint density at radius 2 is 1.20 bits per heavy atom. The lowest BCUT2D eigenvalue weighted by molar-refractivity contribution is -0.148. The van der Waals surface area contributed by atoms with Crippen LogP contribution in [-0.4, -0.2) is 92.3 Å². The van der Waals surface area contributed by atoms with Crippen molar-refractivity contribution in [3.8, 4) is 0 Å². The van der Waals surface area contributed by atoms with Crippen molar-refractivity contribution in [3.63, 3.8) is 0 Å². The Hall–Kier alpha value is -3.26. The number of nitrogens with two attached hydrogens (primary N) is 1. The van der Waals surface area contributed by atoms with Crippen LogP contribution in [0.1, 0.15) is 104 Å². The number of carboxylic acid groups (broad SMARTS) is 1. The molecule has 4 atom stereocenters. The third-order valence-electron chi connectivity index (χ3n) is 6.96. The van der Waals surface area contributed by atoms with Gasteiger partial charge in [0.1, 0.15) is 18.1 Å². The summed E-state index contributed by atoms with van der Waals surface area (Å²) in [6.07, 6.45) is 12.4. The Kier molecular flexibility index (Phi) is 23.2. The van der Waals surface area contributed by atoms with Gasteiger partial charge in [0.25, 0.3) is 0 Å². The minimum absolute atomic E-state index is 0.275. The summed E-state index contributed by atoms with van der Waals surface area (Å²) in [4.78, 5) is 72.3. The van der Waals surface area contributed by atoms with Gasteiger partial charge in [-0.25, -0.2) is 9.59 Å². The maximum atomic E-state index is 12.5. The molecule has 0 spiro atoms. The zero-order valence-corrected chi connectivity index (χ0v) is 26.8. The lowest BCUT2D eigenvalue weighted by atomic mass is 10.1. The van der Waals surface area contributed by atoms with Gasteiger partial charge in [0.2, 0.25) is 17.7 Å². The van der Waals surface area contributed by atoms with Gasteiger partial charge in [-0.15, -0.1) is 0 Å². The molecular formula is C30H54N4O10. The van der Waals surface area contributed by atoms with Crippen LogP contribution in [0.2, 0.25) is 0 Å². The molecule has 0 fully saturated rings. The molecule has 14 heteroatoms. The third-order valence-corrected chi connectivity index (χ3v) is 6.96. The fourth-order valence-electron chi connectivity index (χ4n) is 4.27. The summed E-state index contributed by atoms with van der Waals surface area (Å²) in [5.74, 6) is -4.61. The highest BCUT2D eigenvalue weighted by Gasteiger charge is 2.27. The van der Waals surface area contributed by atoms with Crippen LogP contribution in [0.4, 0.5) is 0 Å². The Morgan fingerprint density at radius 1 is 0.682 bits per heavy atom. The van der Waals surface area contributed by atoms with Crippen LogP contribution in [0.5, 0.6) is 0 Å². The molecule has 0 bridgehead atoms. The number of methoxy groups -OCH3 is 2. The van der Waals surface area contributed by atoms with Gasteiger partial charge >= 0.3 is 17.9 Å². The Morgan fingerprint density at radius 3 is 1.73 bits per heavy atom. The standard InChI is InChI=1S/C30H54N4O10/c1-5-6-7-8-9-10-11-12-13-14-15-16-25(35)32-21(2)27(37)34-23(28(38)39)17-18-26(36)33-24(30(41)43-4)20-44-19-22(31)29(40)42-3/h21-24H,5-20,31H2,1-4H3,(H,32,35)(H,33,36)(H,34,37)(H,38,39)/t21-,22+,23+,24-/m0/s1. The van der Waals surface area contributed by atoms with Gasteiger partial charge < -0.3 is 41.0 Å². The van der Waals surface area contributed by atoms with Crippen LogP contribution in [0, 0.1) is 0 Å². The van der Waals surface area contributed by atoms with Crippen molar-refractivity contribution in [2.75, 3.05) is 27.4 Å². The van der Waals surface area contributed by atoms with Gasteiger partial charge in [0.15, 0.2) is 6.04 Å². The maximum Gasteiger partial charge on any atom is 0.330 e. The largest absolute Gasteiger partial charge is 0.480 e. The molecule has 0 heterocycles. The summed E-state index contributed by atoms with van der Waals surface area (Å²) < 4.78 is 14.3. The van der Waals surface area contributed by atoms with Crippen LogP contribution >= 0.6 is 0 Å². The zero-order chi connectivity index (χ0) is 33.3. The van der Waals surface area contributed by atoms with E-state index >= 15 is 0 Å². The molecule has 0 aliphatic rings. The topological polar surface area (TPSA) is 212 Å². The molecule has 0 saturated carbocycles. The minimum Gasteiger partial charge on any atom is -0.480 e. The molecule has 0 rings (SSSR count). The number of ether oxygens (including phenoxy) is 3. The van der Waals surface area contributed by atoms with E-state index in [9.17, 15) is 33.9 Å². The van der Waals surface area contributed by atoms with E-state index in [1.807, 2.05) is 0 Å². The van der Waals surface area contributed by atoms with Crippen molar-refractivity contribution in [2.45, 2.75) is 128 Å². The predicted octanol–water partition coefficient (Wildman–Crippen LogP) is 1.72. The zero-order valence-electron chi connectivity index (χ0n) is 26.8. The highest BCUT2D eigenvalue weighted by atomic mass is 16.5. The van der Waals surface area contributed by atoms with E-state index in [1.165, 1.54) is 51.9 Å². The number of carbonyl (C=O) groups excluding carboxylic acids is 5. The van der Waals surface area contributed by atoms with Crippen molar-refractivity contribution in [2.24, 2.45) is 5.73 Å². The minimum atomic E-state index is -1.41. The van der Waals surface area contributed by atoms with Crippen LogP contribution in [0.15, 0.2) is 0 Å². The summed E-state index contributed by atoms with van der Waals surface area (Å²) in [5, 5.41) is 16.8. The second kappa shape index (κ2) is 25.1. The molecular weight excluding hydrogens is 576 g/mol.